The Morgan fingerprint density at radius 3 is 2.65 bits per heavy atom. The minimum atomic E-state index is 0.589. The van der Waals surface area contributed by atoms with Crippen LogP contribution in [-0.2, 0) is 13.5 Å². The van der Waals surface area contributed by atoms with Crippen LogP contribution in [0.4, 0.5) is 0 Å². The second-order valence-electron chi connectivity index (χ2n) is 5.20. The van der Waals surface area contributed by atoms with Gasteiger partial charge in [-0.1, -0.05) is 27.2 Å². The summed E-state index contributed by atoms with van der Waals surface area (Å²) in [6, 6.07) is 2.71. The lowest BCUT2D eigenvalue weighted by molar-refractivity contribution is 0.394. The highest BCUT2D eigenvalue weighted by Crippen LogP contribution is 2.14. The molecule has 3 heteroatoms. The van der Waals surface area contributed by atoms with E-state index in [-0.39, 0.29) is 0 Å². The summed E-state index contributed by atoms with van der Waals surface area (Å²) in [5.41, 5.74) is 1.34. The van der Waals surface area contributed by atoms with E-state index < -0.39 is 0 Å². The standard InChI is InChI=1S/C14H27N3/c1-5-6-13(11-15-12(2)3)7-8-14-9-10-16-17(14)4/h9-10,12-13,15H,5-8,11H2,1-4H3. The lowest BCUT2D eigenvalue weighted by Gasteiger charge is -2.18. The van der Waals surface area contributed by atoms with E-state index in [4.69, 9.17) is 0 Å². The van der Waals surface area contributed by atoms with Crippen LogP contribution in [0.15, 0.2) is 12.3 Å². The zero-order valence-electron chi connectivity index (χ0n) is 11.7. The summed E-state index contributed by atoms with van der Waals surface area (Å²) >= 11 is 0. The van der Waals surface area contributed by atoms with Crippen molar-refractivity contribution in [3.8, 4) is 0 Å². The van der Waals surface area contributed by atoms with E-state index in [1.807, 2.05) is 17.9 Å². The number of hydrogen-bond donors (Lipinski definition) is 1. The topological polar surface area (TPSA) is 29.9 Å². The minimum Gasteiger partial charge on any atom is -0.314 e. The van der Waals surface area contributed by atoms with Gasteiger partial charge in [0.25, 0.3) is 0 Å². The van der Waals surface area contributed by atoms with E-state index in [1.54, 1.807) is 0 Å². The first-order valence-electron chi connectivity index (χ1n) is 6.83. The zero-order valence-corrected chi connectivity index (χ0v) is 11.7. The number of aryl methyl sites for hydroxylation is 2. The maximum Gasteiger partial charge on any atom is 0.0492 e. The van der Waals surface area contributed by atoms with Gasteiger partial charge < -0.3 is 5.32 Å². The smallest absolute Gasteiger partial charge is 0.0492 e. The van der Waals surface area contributed by atoms with Gasteiger partial charge in [0.05, 0.1) is 0 Å². The SMILES string of the molecule is CCCC(CCc1ccnn1C)CNC(C)C. The van der Waals surface area contributed by atoms with Crippen LogP contribution in [0.2, 0.25) is 0 Å². The minimum absolute atomic E-state index is 0.589. The molecule has 1 unspecified atom stereocenters. The van der Waals surface area contributed by atoms with Crippen molar-refractivity contribution < 1.29 is 0 Å². The fourth-order valence-corrected chi connectivity index (χ4v) is 2.16. The number of aromatic nitrogens is 2. The molecule has 0 saturated carbocycles. The van der Waals surface area contributed by atoms with Gasteiger partial charge in [-0.3, -0.25) is 4.68 Å². The van der Waals surface area contributed by atoms with Gasteiger partial charge >= 0.3 is 0 Å². The van der Waals surface area contributed by atoms with Crippen molar-refractivity contribution >= 4 is 0 Å². The molecule has 3 nitrogen and oxygen atoms in total. The molecule has 0 aromatic carbocycles. The molecule has 0 aliphatic carbocycles. The highest BCUT2D eigenvalue weighted by molar-refractivity contribution is 5.00. The Balaban J connectivity index is 2.36. The van der Waals surface area contributed by atoms with Crippen molar-refractivity contribution in [2.75, 3.05) is 6.54 Å². The normalized spacial score (nSPS) is 13.2. The Morgan fingerprint density at radius 2 is 2.12 bits per heavy atom. The first-order chi connectivity index (χ1) is 8.13. The van der Waals surface area contributed by atoms with Crippen molar-refractivity contribution in [2.45, 2.75) is 52.5 Å². The Bertz CT molecular complexity index is 304. The Kier molecular flexibility index (Phi) is 6.27. The fraction of sp³-hybridized carbons (Fsp3) is 0.786. The molecular weight excluding hydrogens is 210 g/mol. The highest BCUT2D eigenvalue weighted by Gasteiger charge is 2.09. The molecule has 1 atom stereocenters. The third kappa shape index (κ3) is 5.35. The van der Waals surface area contributed by atoms with Gasteiger partial charge in [0.15, 0.2) is 0 Å². The molecule has 1 heterocycles. The average molecular weight is 237 g/mol. The molecule has 1 aromatic rings. The van der Waals surface area contributed by atoms with E-state index in [9.17, 15) is 0 Å². The molecule has 1 N–H and O–H groups in total. The Morgan fingerprint density at radius 1 is 1.35 bits per heavy atom. The molecule has 1 rings (SSSR count). The van der Waals surface area contributed by atoms with Crippen LogP contribution in [0.5, 0.6) is 0 Å². The molecule has 0 spiro atoms. The predicted molar refractivity (Wildman–Crippen MR) is 73.1 cm³/mol. The number of nitrogens with one attached hydrogen (secondary N) is 1. The van der Waals surface area contributed by atoms with Gasteiger partial charge in [-0.15, -0.1) is 0 Å². The molecule has 0 fully saturated rings. The van der Waals surface area contributed by atoms with Crippen molar-refractivity contribution in [1.82, 2.24) is 15.1 Å². The molecule has 17 heavy (non-hydrogen) atoms. The van der Waals surface area contributed by atoms with E-state index in [0.717, 1.165) is 18.9 Å². The van der Waals surface area contributed by atoms with Crippen LogP contribution in [0, 0.1) is 5.92 Å². The van der Waals surface area contributed by atoms with Gasteiger partial charge in [-0.05, 0) is 37.8 Å². The molecule has 0 radical (unpaired) electrons. The average Bonchev–Trinajstić information content (AvgIpc) is 2.68. The third-order valence-corrected chi connectivity index (χ3v) is 3.24. The molecule has 0 bridgehead atoms. The first kappa shape index (κ1) is 14.2. The summed E-state index contributed by atoms with van der Waals surface area (Å²) in [7, 11) is 2.02. The van der Waals surface area contributed by atoms with Gasteiger partial charge in [0.2, 0.25) is 0 Å². The summed E-state index contributed by atoms with van der Waals surface area (Å²) in [5.74, 6) is 0.789. The van der Waals surface area contributed by atoms with E-state index >= 15 is 0 Å². The second kappa shape index (κ2) is 7.49. The van der Waals surface area contributed by atoms with Crippen LogP contribution in [0.1, 0.15) is 45.7 Å². The third-order valence-electron chi connectivity index (χ3n) is 3.24. The molecule has 98 valence electrons. The quantitative estimate of drug-likeness (QED) is 0.753. The second-order valence-corrected chi connectivity index (χ2v) is 5.20. The molecule has 1 aromatic heterocycles. The monoisotopic (exact) mass is 237 g/mol. The summed E-state index contributed by atoms with van der Waals surface area (Å²) in [4.78, 5) is 0. The first-order valence-corrected chi connectivity index (χ1v) is 6.83. The maximum absolute atomic E-state index is 4.22. The van der Waals surface area contributed by atoms with Crippen molar-refractivity contribution in [2.24, 2.45) is 13.0 Å². The molecular formula is C14H27N3. The maximum atomic E-state index is 4.22. The molecule has 0 aliphatic rings. The summed E-state index contributed by atoms with van der Waals surface area (Å²) in [6.07, 6.45) is 6.87. The van der Waals surface area contributed by atoms with Crippen LogP contribution in [0.3, 0.4) is 0 Å². The van der Waals surface area contributed by atoms with Gasteiger partial charge in [0, 0.05) is 25.0 Å². The highest BCUT2D eigenvalue weighted by atomic mass is 15.2. The molecule has 0 saturated heterocycles. The lowest BCUT2D eigenvalue weighted by atomic mass is 9.96. The largest absolute Gasteiger partial charge is 0.314 e. The summed E-state index contributed by atoms with van der Waals surface area (Å²) < 4.78 is 1.98. The van der Waals surface area contributed by atoms with Crippen molar-refractivity contribution in [3.05, 3.63) is 18.0 Å². The molecule has 0 aliphatic heterocycles. The van der Waals surface area contributed by atoms with Crippen molar-refractivity contribution in [1.29, 1.82) is 0 Å². The summed E-state index contributed by atoms with van der Waals surface area (Å²) in [6.45, 7) is 7.84. The van der Waals surface area contributed by atoms with Gasteiger partial charge in [-0.2, -0.15) is 5.10 Å². The van der Waals surface area contributed by atoms with E-state index in [0.29, 0.717) is 6.04 Å². The Labute approximate surface area is 106 Å². The van der Waals surface area contributed by atoms with Gasteiger partial charge in [0.1, 0.15) is 0 Å². The fourth-order valence-electron chi connectivity index (χ4n) is 2.16. The summed E-state index contributed by atoms with van der Waals surface area (Å²) in [5, 5.41) is 7.77. The van der Waals surface area contributed by atoms with Gasteiger partial charge in [-0.25, -0.2) is 0 Å². The number of hydrogen-bond acceptors (Lipinski definition) is 2. The Hall–Kier alpha value is -0.830. The van der Waals surface area contributed by atoms with E-state index in [2.05, 4.69) is 37.3 Å². The number of rotatable bonds is 8. The van der Waals surface area contributed by atoms with Crippen LogP contribution >= 0.6 is 0 Å². The molecule has 0 amide bonds. The van der Waals surface area contributed by atoms with E-state index in [1.165, 1.54) is 25.0 Å². The van der Waals surface area contributed by atoms with Crippen LogP contribution < -0.4 is 5.32 Å². The van der Waals surface area contributed by atoms with Crippen molar-refractivity contribution in [3.63, 3.8) is 0 Å². The van der Waals surface area contributed by atoms with Crippen LogP contribution in [-0.4, -0.2) is 22.4 Å². The van der Waals surface area contributed by atoms with Crippen LogP contribution in [0.25, 0.3) is 0 Å². The zero-order chi connectivity index (χ0) is 12.7. The number of nitrogens with zero attached hydrogens (tertiary/aromatic N) is 2. The predicted octanol–water partition coefficient (Wildman–Crippen LogP) is 2.77. The lowest BCUT2D eigenvalue weighted by Crippen LogP contribution is -2.29.